The van der Waals surface area contributed by atoms with Crippen LogP contribution in [0.5, 0.6) is 0 Å². The molecule has 2 aromatic carbocycles. The molecule has 0 aliphatic rings. The third-order valence-corrected chi connectivity index (χ3v) is 6.23. The quantitative estimate of drug-likeness (QED) is 0.366. The monoisotopic (exact) mass is 521 g/mol. The Morgan fingerprint density at radius 3 is 2.32 bits per heavy atom. The largest absolute Gasteiger partial charge is 0.444 e. The van der Waals surface area contributed by atoms with Crippen molar-refractivity contribution in [3.05, 3.63) is 77.9 Å². The van der Waals surface area contributed by atoms with Gasteiger partial charge in [0.05, 0.1) is 0 Å². The van der Waals surface area contributed by atoms with Crippen LogP contribution < -0.4 is 10.6 Å². The zero-order valence-corrected chi connectivity index (χ0v) is 23.6. The summed E-state index contributed by atoms with van der Waals surface area (Å²) in [5.41, 5.74) is 1.77. The Balaban J connectivity index is 2.48. The molecular weight excluding hydrogens is 478 g/mol. The highest BCUT2D eigenvalue weighted by atomic mass is 16.6. The number of nitrogens with one attached hydrogen (secondary N) is 2. The lowest BCUT2D eigenvalue weighted by Gasteiger charge is -2.36. The first-order chi connectivity index (χ1) is 18.0. The standard InChI is InChI=1S/C31H43N3O4/c1-8-19-34(29(36)26(22(4)9-2)33-30(37)38-31(5,6)7)27(25-18-14-17-23(10-3)20-25)28(35)32-21-24-15-12-11-13-16-24/h10-18,20,22,26-27H,3,8-9,19,21H2,1-2,4-7H3,(H,32,35)(H,33,37). The first-order valence-corrected chi connectivity index (χ1v) is 13.3. The molecule has 0 aliphatic heterocycles. The molecule has 2 aromatic rings. The molecule has 0 spiro atoms. The van der Waals surface area contributed by atoms with Crippen molar-refractivity contribution in [3.8, 4) is 0 Å². The molecule has 0 radical (unpaired) electrons. The zero-order valence-electron chi connectivity index (χ0n) is 23.6. The second-order valence-electron chi connectivity index (χ2n) is 10.5. The Morgan fingerprint density at radius 1 is 1.05 bits per heavy atom. The van der Waals surface area contributed by atoms with E-state index < -0.39 is 23.8 Å². The minimum atomic E-state index is -0.891. The molecular formula is C31H43N3O4. The van der Waals surface area contributed by atoms with Gasteiger partial charge < -0.3 is 20.3 Å². The van der Waals surface area contributed by atoms with Gasteiger partial charge in [0.1, 0.15) is 17.7 Å². The summed E-state index contributed by atoms with van der Waals surface area (Å²) in [6.07, 6.45) is 2.34. The lowest BCUT2D eigenvalue weighted by atomic mass is 9.95. The fourth-order valence-corrected chi connectivity index (χ4v) is 4.11. The number of rotatable bonds is 12. The van der Waals surface area contributed by atoms with Crippen molar-refractivity contribution in [1.82, 2.24) is 15.5 Å². The number of hydrogen-bond donors (Lipinski definition) is 2. The molecule has 3 amide bonds. The second-order valence-corrected chi connectivity index (χ2v) is 10.5. The average molecular weight is 522 g/mol. The maximum absolute atomic E-state index is 14.1. The van der Waals surface area contributed by atoms with Crippen LogP contribution in [0.3, 0.4) is 0 Å². The fraction of sp³-hybridized carbons (Fsp3) is 0.452. The summed E-state index contributed by atoms with van der Waals surface area (Å²) in [5, 5.41) is 5.80. The lowest BCUT2D eigenvalue weighted by Crippen LogP contribution is -2.55. The molecule has 0 bridgehead atoms. The summed E-state index contributed by atoms with van der Waals surface area (Å²) in [6, 6.07) is 15.3. The van der Waals surface area contributed by atoms with E-state index >= 15 is 0 Å². The van der Waals surface area contributed by atoms with E-state index in [0.717, 1.165) is 11.1 Å². The molecule has 0 aliphatic carbocycles. The molecule has 0 heterocycles. The zero-order chi connectivity index (χ0) is 28.3. The van der Waals surface area contributed by atoms with Gasteiger partial charge in [0.2, 0.25) is 11.8 Å². The third-order valence-electron chi connectivity index (χ3n) is 6.23. The molecule has 2 N–H and O–H groups in total. The molecule has 2 rings (SSSR count). The van der Waals surface area contributed by atoms with Crippen LogP contribution in [-0.2, 0) is 20.9 Å². The van der Waals surface area contributed by atoms with E-state index in [9.17, 15) is 14.4 Å². The van der Waals surface area contributed by atoms with Crippen molar-refractivity contribution >= 4 is 24.0 Å². The van der Waals surface area contributed by atoms with Crippen LogP contribution in [-0.4, -0.2) is 41.0 Å². The Hall–Kier alpha value is -3.61. The maximum Gasteiger partial charge on any atom is 0.408 e. The summed E-state index contributed by atoms with van der Waals surface area (Å²) in [7, 11) is 0. The number of carbonyl (C=O) groups excluding carboxylic acids is 3. The Labute approximate surface area is 227 Å². The summed E-state index contributed by atoms with van der Waals surface area (Å²) >= 11 is 0. The highest BCUT2D eigenvalue weighted by Crippen LogP contribution is 2.26. The number of amides is 3. The molecule has 7 heteroatoms. The van der Waals surface area contributed by atoms with Crippen molar-refractivity contribution in [2.45, 2.75) is 78.6 Å². The van der Waals surface area contributed by atoms with Gasteiger partial charge >= 0.3 is 6.09 Å². The molecule has 7 nitrogen and oxygen atoms in total. The maximum atomic E-state index is 14.1. The van der Waals surface area contributed by atoms with Crippen molar-refractivity contribution in [3.63, 3.8) is 0 Å². The van der Waals surface area contributed by atoms with Crippen molar-refractivity contribution in [2.75, 3.05) is 6.54 Å². The van der Waals surface area contributed by atoms with Gasteiger partial charge in [-0.05, 0) is 55.9 Å². The summed E-state index contributed by atoms with van der Waals surface area (Å²) in [4.78, 5) is 42.2. The number of hydrogen-bond acceptors (Lipinski definition) is 4. The van der Waals surface area contributed by atoms with Gasteiger partial charge in [0, 0.05) is 13.1 Å². The van der Waals surface area contributed by atoms with Gasteiger partial charge in [-0.1, -0.05) is 88.4 Å². The topological polar surface area (TPSA) is 87.7 Å². The van der Waals surface area contributed by atoms with Crippen LogP contribution >= 0.6 is 0 Å². The molecule has 3 atom stereocenters. The van der Waals surface area contributed by atoms with Crippen LogP contribution in [0.15, 0.2) is 61.2 Å². The van der Waals surface area contributed by atoms with Crippen LogP contribution in [0.1, 0.15) is 77.1 Å². The Morgan fingerprint density at radius 2 is 1.74 bits per heavy atom. The van der Waals surface area contributed by atoms with E-state index in [1.165, 1.54) is 0 Å². The van der Waals surface area contributed by atoms with Crippen molar-refractivity contribution in [1.29, 1.82) is 0 Å². The van der Waals surface area contributed by atoms with Crippen LogP contribution in [0.4, 0.5) is 4.79 Å². The highest BCUT2D eigenvalue weighted by Gasteiger charge is 2.37. The van der Waals surface area contributed by atoms with E-state index in [2.05, 4.69) is 17.2 Å². The lowest BCUT2D eigenvalue weighted by molar-refractivity contribution is -0.143. The minimum absolute atomic E-state index is 0.179. The predicted octanol–water partition coefficient (Wildman–Crippen LogP) is 5.87. The number of ether oxygens (including phenoxy) is 1. The first-order valence-electron chi connectivity index (χ1n) is 13.3. The molecule has 38 heavy (non-hydrogen) atoms. The molecule has 0 saturated heterocycles. The molecule has 0 saturated carbocycles. The SMILES string of the molecule is C=Cc1cccc(C(C(=O)NCc2ccccc2)N(CCC)C(=O)C(NC(=O)OC(C)(C)C)C(C)CC)c1. The summed E-state index contributed by atoms with van der Waals surface area (Å²) < 4.78 is 5.45. The Kier molecular flexibility index (Phi) is 11.6. The average Bonchev–Trinajstić information content (AvgIpc) is 2.89. The molecule has 0 fully saturated rings. The van der Waals surface area contributed by atoms with Gasteiger partial charge in [-0.3, -0.25) is 9.59 Å². The van der Waals surface area contributed by atoms with E-state index in [0.29, 0.717) is 31.5 Å². The van der Waals surface area contributed by atoms with Gasteiger partial charge in [-0.2, -0.15) is 0 Å². The summed E-state index contributed by atoms with van der Waals surface area (Å²) in [5.74, 6) is -0.796. The van der Waals surface area contributed by atoms with E-state index in [1.54, 1.807) is 31.7 Å². The first kappa shape index (κ1) is 30.6. The van der Waals surface area contributed by atoms with E-state index in [1.807, 2.05) is 75.4 Å². The van der Waals surface area contributed by atoms with Gasteiger partial charge in [0.15, 0.2) is 0 Å². The number of nitrogens with zero attached hydrogens (tertiary/aromatic N) is 1. The number of alkyl carbamates (subject to hydrolysis) is 1. The normalized spacial score (nSPS) is 13.5. The van der Waals surface area contributed by atoms with E-state index in [4.69, 9.17) is 4.74 Å². The minimum Gasteiger partial charge on any atom is -0.444 e. The van der Waals surface area contributed by atoms with Crippen molar-refractivity contribution < 1.29 is 19.1 Å². The second kappa shape index (κ2) is 14.4. The van der Waals surface area contributed by atoms with Gasteiger partial charge in [0.25, 0.3) is 0 Å². The molecule has 0 aromatic heterocycles. The number of benzene rings is 2. The van der Waals surface area contributed by atoms with Gasteiger partial charge in [-0.15, -0.1) is 0 Å². The fourth-order valence-electron chi connectivity index (χ4n) is 4.11. The Bertz CT molecular complexity index is 1080. The summed E-state index contributed by atoms with van der Waals surface area (Å²) in [6.45, 7) is 15.7. The smallest absolute Gasteiger partial charge is 0.408 e. The highest BCUT2D eigenvalue weighted by molar-refractivity contribution is 5.92. The predicted molar refractivity (Wildman–Crippen MR) is 152 cm³/mol. The van der Waals surface area contributed by atoms with E-state index in [-0.39, 0.29) is 17.7 Å². The van der Waals surface area contributed by atoms with Crippen LogP contribution in [0.25, 0.3) is 6.08 Å². The molecule has 206 valence electrons. The van der Waals surface area contributed by atoms with Crippen LogP contribution in [0.2, 0.25) is 0 Å². The third kappa shape index (κ3) is 9.05. The number of carbonyl (C=O) groups is 3. The van der Waals surface area contributed by atoms with Crippen LogP contribution in [0, 0.1) is 5.92 Å². The molecule has 3 unspecified atom stereocenters. The van der Waals surface area contributed by atoms with Crippen molar-refractivity contribution in [2.24, 2.45) is 5.92 Å². The van der Waals surface area contributed by atoms with Gasteiger partial charge in [-0.25, -0.2) is 4.79 Å².